The van der Waals surface area contributed by atoms with Gasteiger partial charge in [0.2, 0.25) is 0 Å². The number of aryl methyl sites for hydroxylation is 1. The van der Waals surface area contributed by atoms with Crippen LogP contribution in [0.3, 0.4) is 0 Å². The molecule has 0 radical (unpaired) electrons. The molecule has 0 aliphatic heterocycles. The third-order valence-corrected chi connectivity index (χ3v) is 3.47. The van der Waals surface area contributed by atoms with Gasteiger partial charge >= 0.3 is 0 Å². The number of aromatic nitrogens is 1. The number of pyridine rings is 1. The van der Waals surface area contributed by atoms with Crippen LogP contribution in [0.15, 0.2) is 53.8 Å². The molecule has 0 fully saturated rings. The van der Waals surface area contributed by atoms with E-state index in [1.165, 1.54) is 19.3 Å². The molecule has 0 aliphatic carbocycles. The number of unbranched alkanes of at least 4 members (excludes halogenated alkanes) is 3. The van der Waals surface area contributed by atoms with Gasteiger partial charge in [-0.25, -0.2) is 4.57 Å². The highest BCUT2D eigenvalue weighted by molar-refractivity contribution is 5.81. The van der Waals surface area contributed by atoms with E-state index in [0.717, 1.165) is 30.0 Å². The van der Waals surface area contributed by atoms with Gasteiger partial charge in [0, 0.05) is 23.9 Å². The SMILES string of the molecule is CCCCCCOc1ccc(N=Cc2cc[n+](C)cc2)cc1. The molecule has 22 heavy (non-hydrogen) atoms. The molecule has 0 aliphatic rings. The van der Waals surface area contributed by atoms with E-state index in [2.05, 4.69) is 11.9 Å². The van der Waals surface area contributed by atoms with Gasteiger partial charge in [-0.1, -0.05) is 26.2 Å². The molecule has 0 N–H and O–H groups in total. The number of hydrogen-bond acceptors (Lipinski definition) is 2. The molecular formula is C19H25N2O+. The van der Waals surface area contributed by atoms with Crippen molar-refractivity contribution in [1.82, 2.24) is 0 Å². The van der Waals surface area contributed by atoms with Gasteiger partial charge in [-0.2, -0.15) is 0 Å². The summed E-state index contributed by atoms with van der Waals surface area (Å²) in [5.74, 6) is 0.919. The predicted octanol–water partition coefficient (Wildman–Crippen LogP) is 4.22. The molecular weight excluding hydrogens is 272 g/mol. The van der Waals surface area contributed by atoms with E-state index in [1.807, 2.05) is 66.6 Å². The van der Waals surface area contributed by atoms with E-state index in [9.17, 15) is 0 Å². The minimum atomic E-state index is 0.795. The molecule has 0 unspecified atom stereocenters. The summed E-state index contributed by atoms with van der Waals surface area (Å²) in [4.78, 5) is 4.48. The standard InChI is InChI=1S/C19H25N2O/c1-3-4-5-6-15-22-19-9-7-18(8-10-19)20-16-17-11-13-21(2)14-12-17/h7-14,16H,3-6,15H2,1-2H3/q+1. The summed E-state index contributed by atoms with van der Waals surface area (Å²) < 4.78 is 7.73. The number of benzene rings is 1. The molecule has 2 aromatic rings. The van der Waals surface area contributed by atoms with Crippen molar-refractivity contribution in [3.8, 4) is 5.75 Å². The molecule has 0 saturated heterocycles. The second-order valence-corrected chi connectivity index (χ2v) is 5.46. The van der Waals surface area contributed by atoms with Crippen LogP contribution in [0.25, 0.3) is 0 Å². The Hall–Kier alpha value is -2.16. The average molecular weight is 297 g/mol. The number of aliphatic imine (C=N–C) groups is 1. The lowest BCUT2D eigenvalue weighted by Crippen LogP contribution is -2.25. The molecule has 3 nitrogen and oxygen atoms in total. The first-order valence-electron chi connectivity index (χ1n) is 8.00. The van der Waals surface area contributed by atoms with Crippen LogP contribution in [-0.4, -0.2) is 12.8 Å². The maximum atomic E-state index is 5.73. The van der Waals surface area contributed by atoms with E-state index >= 15 is 0 Å². The maximum Gasteiger partial charge on any atom is 0.169 e. The van der Waals surface area contributed by atoms with Crippen LogP contribution >= 0.6 is 0 Å². The molecule has 0 bridgehead atoms. The highest BCUT2D eigenvalue weighted by Gasteiger charge is 1.96. The van der Waals surface area contributed by atoms with Gasteiger partial charge in [0.25, 0.3) is 0 Å². The maximum absolute atomic E-state index is 5.73. The van der Waals surface area contributed by atoms with Crippen molar-refractivity contribution in [1.29, 1.82) is 0 Å². The zero-order valence-electron chi connectivity index (χ0n) is 13.5. The summed E-state index contributed by atoms with van der Waals surface area (Å²) in [5.41, 5.74) is 2.03. The van der Waals surface area contributed by atoms with E-state index in [0.29, 0.717) is 0 Å². The zero-order valence-corrected chi connectivity index (χ0v) is 13.5. The number of hydrogen-bond donors (Lipinski definition) is 0. The summed E-state index contributed by atoms with van der Waals surface area (Å²) in [7, 11) is 2.00. The highest BCUT2D eigenvalue weighted by atomic mass is 16.5. The van der Waals surface area contributed by atoms with Crippen molar-refractivity contribution < 1.29 is 9.30 Å². The number of nitrogens with zero attached hydrogens (tertiary/aromatic N) is 2. The van der Waals surface area contributed by atoms with Crippen molar-refractivity contribution in [3.63, 3.8) is 0 Å². The third kappa shape index (κ3) is 5.68. The van der Waals surface area contributed by atoms with Crippen LogP contribution in [0.5, 0.6) is 5.75 Å². The Morgan fingerprint density at radius 3 is 2.41 bits per heavy atom. The van der Waals surface area contributed by atoms with Gasteiger partial charge in [0.05, 0.1) is 12.3 Å². The van der Waals surface area contributed by atoms with Crippen LogP contribution in [0, 0.1) is 0 Å². The van der Waals surface area contributed by atoms with Crippen LogP contribution in [-0.2, 0) is 7.05 Å². The lowest BCUT2D eigenvalue weighted by atomic mass is 10.2. The summed E-state index contributed by atoms with van der Waals surface area (Å²) >= 11 is 0. The van der Waals surface area contributed by atoms with Gasteiger partial charge in [-0.3, -0.25) is 4.99 Å². The lowest BCUT2D eigenvalue weighted by molar-refractivity contribution is -0.671. The van der Waals surface area contributed by atoms with Crippen molar-refractivity contribution in [2.24, 2.45) is 12.0 Å². The molecule has 1 heterocycles. The first-order valence-corrected chi connectivity index (χ1v) is 8.00. The Morgan fingerprint density at radius 1 is 1.00 bits per heavy atom. The molecule has 0 atom stereocenters. The van der Waals surface area contributed by atoms with Crippen molar-refractivity contribution in [2.75, 3.05) is 6.61 Å². The Labute approximate surface area is 133 Å². The van der Waals surface area contributed by atoms with E-state index in [-0.39, 0.29) is 0 Å². The van der Waals surface area contributed by atoms with E-state index < -0.39 is 0 Å². The summed E-state index contributed by atoms with van der Waals surface area (Å²) in [5, 5.41) is 0. The Bertz CT molecular complexity index is 573. The summed E-state index contributed by atoms with van der Waals surface area (Å²) in [6.07, 6.45) is 10.8. The molecule has 0 spiro atoms. The van der Waals surface area contributed by atoms with E-state index in [1.54, 1.807) is 0 Å². The van der Waals surface area contributed by atoms with Crippen LogP contribution in [0.2, 0.25) is 0 Å². The fourth-order valence-electron chi connectivity index (χ4n) is 2.09. The predicted molar refractivity (Wildman–Crippen MR) is 91.0 cm³/mol. The van der Waals surface area contributed by atoms with E-state index in [4.69, 9.17) is 4.74 Å². The summed E-state index contributed by atoms with van der Waals surface area (Å²) in [6.45, 7) is 3.01. The largest absolute Gasteiger partial charge is 0.494 e. The summed E-state index contributed by atoms with van der Waals surface area (Å²) in [6, 6.07) is 12.0. The van der Waals surface area contributed by atoms with Crippen LogP contribution in [0.4, 0.5) is 5.69 Å². The number of ether oxygens (including phenoxy) is 1. The minimum absolute atomic E-state index is 0.795. The molecule has 1 aromatic heterocycles. The van der Waals surface area contributed by atoms with Gasteiger partial charge < -0.3 is 4.74 Å². The smallest absolute Gasteiger partial charge is 0.169 e. The highest BCUT2D eigenvalue weighted by Crippen LogP contribution is 2.18. The fraction of sp³-hybridized carbons (Fsp3) is 0.368. The quantitative estimate of drug-likeness (QED) is 0.407. The van der Waals surface area contributed by atoms with Gasteiger partial charge in [0.1, 0.15) is 12.8 Å². The second-order valence-electron chi connectivity index (χ2n) is 5.46. The monoisotopic (exact) mass is 297 g/mol. The first kappa shape index (κ1) is 16.2. The Morgan fingerprint density at radius 2 is 1.73 bits per heavy atom. The van der Waals surface area contributed by atoms with Gasteiger partial charge in [-0.15, -0.1) is 0 Å². The molecule has 116 valence electrons. The Balaban J connectivity index is 1.82. The van der Waals surface area contributed by atoms with Crippen LogP contribution < -0.4 is 9.30 Å². The van der Waals surface area contributed by atoms with Crippen LogP contribution in [0.1, 0.15) is 38.2 Å². The van der Waals surface area contributed by atoms with Gasteiger partial charge in [0.15, 0.2) is 12.4 Å². The lowest BCUT2D eigenvalue weighted by Gasteiger charge is -2.05. The van der Waals surface area contributed by atoms with Crippen molar-refractivity contribution in [2.45, 2.75) is 32.6 Å². The first-order chi connectivity index (χ1) is 10.8. The fourth-order valence-corrected chi connectivity index (χ4v) is 2.09. The molecule has 3 heteroatoms. The zero-order chi connectivity index (χ0) is 15.6. The van der Waals surface area contributed by atoms with Gasteiger partial charge in [-0.05, 0) is 30.7 Å². The van der Waals surface area contributed by atoms with Crippen molar-refractivity contribution >= 4 is 11.9 Å². The molecule has 2 rings (SSSR count). The second kappa shape index (κ2) is 8.98. The molecule has 0 saturated carbocycles. The average Bonchev–Trinajstić information content (AvgIpc) is 2.55. The topological polar surface area (TPSA) is 25.5 Å². The number of rotatable bonds is 8. The normalized spacial score (nSPS) is 11.0. The minimum Gasteiger partial charge on any atom is -0.494 e. The molecule has 1 aromatic carbocycles. The Kier molecular flexibility index (Phi) is 6.62. The third-order valence-electron chi connectivity index (χ3n) is 3.47. The molecule has 0 amide bonds. The van der Waals surface area contributed by atoms with Crippen molar-refractivity contribution in [3.05, 3.63) is 54.4 Å².